The van der Waals surface area contributed by atoms with Crippen LogP contribution in [-0.2, 0) is 0 Å². The minimum atomic E-state index is -0.970. The summed E-state index contributed by atoms with van der Waals surface area (Å²) in [6.45, 7) is 0. The molecule has 0 fully saturated rings. The number of nitrogens with zero attached hydrogens (tertiary/aromatic N) is 3. The zero-order valence-corrected chi connectivity index (χ0v) is 8.30. The number of hydrogen-bond acceptors (Lipinski definition) is 7. The number of nitriles is 1. The van der Waals surface area contributed by atoms with E-state index in [9.17, 15) is 25.3 Å². The summed E-state index contributed by atoms with van der Waals surface area (Å²) in [7, 11) is 0. The lowest BCUT2D eigenvalue weighted by molar-refractivity contribution is -0.400. The summed E-state index contributed by atoms with van der Waals surface area (Å²) in [4.78, 5) is 18.9. The van der Waals surface area contributed by atoms with Crippen molar-refractivity contribution in [3.63, 3.8) is 0 Å². The van der Waals surface area contributed by atoms with Gasteiger partial charge in [0.05, 0.1) is 9.85 Å². The maximum atomic E-state index is 10.6. The summed E-state index contributed by atoms with van der Waals surface area (Å²) >= 11 is 0.262. The van der Waals surface area contributed by atoms with E-state index in [4.69, 9.17) is 5.26 Å². The van der Waals surface area contributed by atoms with Gasteiger partial charge in [-0.2, -0.15) is 5.26 Å². The minimum absolute atomic E-state index is 0.262. The number of rotatable bonds is 3. The van der Waals surface area contributed by atoms with Gasteiger partial charge in [-0.1, -0.05) is 0 Å². The van der Waals surface area contributed by atoms with Gasteiger partial charge in [-0.25, -0.2) is 0 Å². The molecule has 0 amide bonds. The lowest BCUT2D eigenvalue weighted by Gasteiger charge is -2.01. The van der Waals surface area contributed by atoms with Crippen LogP contribution in [-0.4, -0.2) is 15.0 Å². The van der Waals surface area contributed by atoms with Crippen LogP contribution in [0.5, 0.6) is 5.75 Å². The lowest BCUT2D eigenvalue weighted by atomic mass is 10.2. The van der Waals surface area contributed by atoms with Crippen molar-refractivity contribution in [2.75, 3.05) is 0 Å². The number of benzene rings is 1. The van der Waals surface area contributed by atoms with Gasteiger partial charge in [-0.3, -0.25) is 20.2 Å². The predicted octanol–water partition coefficient (Wildman–Crippen LogP) is 1.78. The number of thioether (sulfide) groups is 1. The number of thiocyanates is 1. The first-order chi connectivity index (χ1) is 7.49. The maximum absolute atomic E-state index is 10.6. The number of phenols is 1. The number of aromatic hydroxyl groups is 1. The van der Waals surface area contributed by atoms with Gasteiger partial charge in [0.2, 0.25) is 0 Å². The Bertz CT molecular complexity index is 509. The number of nitro benzene ring substituents is 2. The van der Waals surface area contributed by atoms with Crippen molar-refractivity contribution in [3.05, 3.63) is 32.4 Å². The highest BCUT2D eigenvalue weighted by Gasteiger charge is 2.29. The molecule has 0 atom stereocenters. The molecule has 0 bridgehead atoms. The van der Waals surface area contributed by atoms with Crippen molar-refractivity contribution in [1.82, 2.24) is 0 Å². The monoisotopic (exact) mass is 241 g/mol. The Balaban J connectivity index is 3.57. The van der Waals surface area contributed by atoms with Crippen molar-refractivity contribution >= 4 is 23.1 Å². The van der Waals surface area contributed by atoms with E-state index >= 15 is 0 Å². The molecule has 0 aliphatic carbocycles. The molecule has 1 rings (SSSR count). The second-order valence-electron chi connectivity index (χ2n) is 2.49. The summed E-state index contributed by atoms with van der Waals surface area (Å²) in [6, 6.07) is 1.75. The Hall–Kier alpha value is -2.34. The van der Waals surface area contributed by atoms with Gasteiger partial charge >= 0.3 is 5.69 Å². The summed E-state index contributed by atoms with van der Waals surface area (Å²) < 4.78 is 0. The molecule has 0 aromatic heterocycles. The molecule has 0 radical (unpaired) electrons. The number of hydrogen-bond donors (Lipinski definition) is 1. The summed E-state index contributed by atoms with van der Waals surface area (Å²) in [6.07, 6.45) is 0. The van der Waals surface area contributed by atoms with Crippen LogP contribution < -0.4 is 0 Å². The van der Waals surface area contributed by atoms with Crippen LogP contribution in [0.2, 0.25) is 0 Å². The van der Waals surface area contributed by atoms with Crippen LogP contribution in [0.3, 0.4) is 0 Å². The Morgan fingerprint density at radius 2 is 1.94 bits per heavy atom. The molecule has 1 aromatic rings. The first kappa shape index (κ1) is 11.7. The van der Waals surface area contributed by atoms with E-state index in [1.165, 1.54) is 5.40 Å². The van der Waals surface area contributed by atoms with E-state index < -0.39 is 31.9 Å². The second-order valence-corrected chi connectivity index (χ2v) is 3.28. The van der Waals surface area contributed by atoms with Crippen molar-refractivity contribution in [2.24, 2.45) is 0 Å². The fourth-order valence-electron chi connectivity index (χ4n) is 1.02. The van der Waals surface area contributed by atoms with Crippen molar-refractivity contribution < 1.29 is 15.0 Å². The maximum Gasteiger partial charge on any atom is 0.332 e. The molecule has 0 saturated carbocycles. The zero-order chi connectivity index (χ0) is 12.3. The Kier molecular flexibility index (Phi) is 3.27. The minimum Gasteiger partial charge on any atom is -0.502 e. The average Bonchev–Trinajstić information content (AvgIpc) is 2.17. The molecule has 0 aliphatic rings. The van der Waals surface area contributed by atoms with Crippen molar-refractivity contribution in [1.29, 1.82) is 5.26 Å². The molecule has 16 heavy (non-hydrogen) atoms. The SMILES string of the molecule is N#CSc1c([N+](=O)[O-])ccc(O)c1[N+](=O)[O-]. The molecule has 1 N–H and O–H groups in total. The van der Waals surface area contributed by atoms with E-state index in [-0.39, 0.29) is 11.8 Å². The molecule has 0 heterocycles. The van der Waals surface area contributed by atoms with Gasteiger partial charge in [0.25, 0.3) is 5.69 Å². The predicted molar refractivity (Wildman–Crippen MR) is 52.9 cm³/mol. The zero-order valence-electron chi connectivity index (χ0n) is 7.48. The van der Waals surface area contributed by atoms with E-state index in [1.807, 2.05) is 0 Å². The molecule has 0 unspecified atom stereocenters. The third kappa shape index (κ3) is 2.01. The molecule has 82 valence electrons. The summed E-state index contributed by atoms with van der Waals surface area (Å²) in [5.74, 6) is -0.714. The Morgan fingerprint density at radius 1 is 1.31 bits per heavy atom. The van der Waals surface area contributed by atoms with E-state index in [1.54, 1.807) is 0 Å². The average molecular weight is 241 g/mol. The molecule has 0 saturated heterocycles. The van der Waals surface area contributed by atoms with Gasteiger partial charge in [0.15, 0.2) is 10.6 Å². The third-order valence-electron chi connectivity index (χ3n) is 1.62. The van der Waals surface area contributed by atoms with Gasteiger partial charge in [0.1, 0.15) is 5.40 Å². The van der Waals surface area contributed by atoms with Crippen LogP contribution >= 0.6 is 11.8 Å². The van der Waals surface area contributed by atoms with Crippen LogP contribution in [0.25, 0.3) is 0 Å². The number of phenolic OH excluding ortho intramolecular Hbond substituents is 1. The molecular weight excluding hydrogens is 238 g/mol. The molecule has 8 nitrogen and oxygen atoms in total. The van der Waals surface area contributed by atoms with Crippen LogP contribution in [0.1, 0.15) is 0 Å². The van der Waals surface area contributed by atoms with Gasteiger partial charge in [-0.05, 0) is 6.07 Å². The normalized spacial score (nSPS) is 9.44. The second kappa shape index (κ2) is 4.45. The summed E-state index contributed by atoms with van der Waals surface area (Å²) in [5.41, 5.74) is -1.42. The molecule has 0 aliphatic heterocycles. The highest BCUT2D eigenvalue weighted by atomic mass is 32.2. The van der Waals surface area contributed by atoms with E-state index in [0.29, 0.717) is 0 Å². The number of nitro groups is 2. The fourth-order valence-corrected chi connectivity index (χ4v) is 1.63. The van der Waals surface area contributed by atoms with Crippen LogP contribution in [0, 0.1) is 30.9 Å². The first-order valence-corrected chi connectivity index (χ1v) is 4.51. The third-order valence-corrected chi connectivity index (χ3v) is 2.31. The fraction of sp³-hybridized carbons (Fsp3) is 0. The van der Waals surface area contributed by atoms with Crippen molar-refractivity contribution in [2.45, 2.75) is 4.90 Å². The lowest BCUT2D eigenvalue weighted by Crippen LogP contribution is -1.96. The van der Waals surface area contributed by atoms with E-state index in [0.717, 1.165) is 12.1 Å². The molecule has 1 aromatic carbocycles. The molecular formula is C7H3N3O5S. The van der Waals surface area contributed by atoms with Gasteiger partial charge in [-0.15, -0.1) is 0 Å². The topological polar surface area (TPSA) is 130 Å². The Morgan fingerprint density at radius 3 is 2.38 bits per heavy atom. The summed E-state index contributed by atoms with van der Waals surface area (Å²) in [5, 5.41) is 40.3. The standard InChI is InChI=1S/C7H3N3O5S/c8-3-16-7-4(9(12)13)1-2-5(11)6(7)10(14)15/h1-2,11H. The van der Waals surface area contributed by atoms with Crippen molar-refractivity contribution in [3.8, 4) is 11.2 Å². The molecule has 9 heteroatoms. The smallest absolute Gasteiger partial charge is 0.332 e. The van der Waals surface area contributed by atoms with Gasteiger partial charge < -0.3 is 5.11 Å². The molecule has 0 spiro atoms. The van der Waals surface area contributed by atoms with Crippen LogP contribution in [0.4, 0.5) is 11.4 Å². The highest BCUT2D eigenvalue weighted by molar-refractivity contribution is 8.04. The largest absolute Gasteiger partial charge is 0.502 e. The quantitative estimate of drug-likeness (QED) is 0.369. The Labute approximate surface area is 92.4 Å². The van der Waals surface area contributed by atoms with Crippen LogP contribution in [0.15, 0.2) is 17.0 Å². The van der Waals surface area contributed by atoms with E-state index in [2.05, 4.69) is 0 Å². The van der Waals surface area contributed by atoms with Gasteiger partial charge in [0, 0.05) is 17.8 Å². The highest BCUT2D eigenvalue weighted by Crippen LogP contribution is 2.42. The first-order valence-electron chi connectivity index (χ1n) is 3.69.